The molecule has 2 nitrogen and oxygen atoms in total. The van der Waals surface area contributed by atoms with Crippen LogP contribution in [0.15, 0.2) is 54.6 Å². The fourth-order valence-corrected chi connectivity index (χ4v) is 3.00. The third kappa shape index (κ3) is 1.46. The first-order valence-electron chi connectivity index (χ1n) is 6.55. The van der Waals surface area contributed by atoms with Gasteiger partial charge in [-0.25, -0.2) is 0 Å². The van der Waals surface area contributed by atoms with E-state index in [1.807, 2.05) is 6.07 Å². The molecule has 0 bridgehead atoms. The Bertz CT molecular complexity index is 715. The summed E-state index contributed by atoms with van der Waals surface area (Å²) < 4.78 is 0. The van der Waals surface area contributed by atoms with E-state index in [9.17, 15) is 4.79 Å². The Morgan fingerprint density at radius 3 is 2.37 bits per heavy atom. The predicted molar refractivity (Wildman–Crippen MR) is 76.8 cm³/mol. The lowest BCUT2D eigenvalue weighted by molar-refractivity contribution is -0.114. The van der Waals surface area contributed by atoms with Crippen LogP contribution in [0.4, 0.5) is 5.69 Å². The van der Waals surface area contributed by atoms with Gasteiger partial charge >= 0.3 is 0 Å². The quantitative estimate of drug-likeness (QED) is 0.710. The summed E-state index contributed by atoms with van der Waals surface area (Å²) >= 11 is 0. The van der Waals surface area contributed by atoms with Gasteiger partial charge in [-0.3, -0.25) is 4.79 Å². The Kier molecular flexibility index (Phi) is 2.12. The van der Waals surface area contributed by atoms with E-state index in [-0.39, 0.29) is 5.78 Å². The smallest absolute Gasteiger partial charge is 0.159 e. The van der Waals surface area contributed by atoms with E-state index in [4.69, 9.17) is 0 Å². The van der Waals surface area contributed by atoms with Crippen molar-refractivity contribution < 1.29 is 4.79 Å². The van der Waals surface area contributed by atoms with E-state index in [1.54, 1.807) is 6.08 Å². The third-order valence-corrected chi connectivity index (χ3v) is 3.86. The van der Waals surface area contributed by atoms with Crippen molar-refractivity contribution in [2.24, 2.45) is 0 Å². The van der Waals surface area contributed by atoms with Crippen molar-refractivity contribution in [3.63, 3.8) is 0 Å². The highest BCUT2D eigenvalue weighted by Crippen LogP contribution is 2.44. The number of anilines is 1. The Morgan fingerprint density at radius 2 is 1.53 bits per heavy atom. The number of ketones is 1. The molecule has 19 heavy (non-hydrogen) atoms. The van der Waals surface area contributed by atoms with Crippen molar-refractivity contribution in [3.05, 3.63) is 60.2 Å². The monoisotopic (exact) mass is 247 g/mol. The summed E-state index contributed by atoms with van der Waals surface area (Å²) in [7, 11) is 0. The molecule has 0 aromatic heterocycles. The van der Waals surface area contributed by atoms with Crippen LogP contribution in [0.1, 0.15) is 12.0 Å². The van der Waals surface area contributed by atoms with Gasteiger partial charge in [0, 0.05) is 35.9 Å². The number of para-hydroxylation sites is 1. The maximum atomic E-state index is 11.7. The van der Waals surface area contributed by atoms with Crippen LogP contribution in [0.3, 0.4) is 0 Å². The Morgan fingerprint density at radius 1 is 0.842 bits per heavy atom. The minimum Gasteiger partial charge on any atom is -0.340 e. The van der Waals surface area contributed by atoms with Gasteiger partial charge in [-0.2, -0.15) is 0 Å². The lowest BCUT2D eigenvalue weighted by atomic mass is 9.89. The minimum absolute atomic E-state index is 0.223. The predicted octanol–water partition coefficient (Wildman–Crippen LogP) is 3.49. The van der Waals surface area contributed by atoms with Crippen molar-refractivity contribution in [1.29, 1.82) is 0 Å². The van der Waals surface area contributed by atoms with Crippen LogP contribution in [-0.4, -0.2) is 12.3 Å². The minimum atomic E-state index is 0.223. The van der Waals surface area contributed by atoms with Gasteiger partial charge in [0.2, 0.25) is 0 Å². The summed E-state index contributed by atoms with van der Waals surface area (Å²) in [4.78, 5) is 14.0. The summed E-state index contributed by atoms with van der Waals surface area (Å²) in [6.45, 7) is 0.774. The largest absolute Gasteiger partial charge is 0.340 e. The molecule has 2 heteroatoms. The van der Waals surface area contributed by atoms with Crippen LogP contribution in [-0.2, 0) is 4.79 Å². The molecular formula is C17H13NO. The second-order valence-electron chi connectivity index (χ2n) is 4.96. The number of hydrogen-bond donors (Lipinski definition) is 0. The van der Waals surface area contributed by atoms with Crippen LogP contribution >= 0.6 is 0 Å². The van der Waals surface area contributed by atoms with Crippen molar-refractivity contribution >= 4 is 17.2 Å². The summed E-state index contributed by atoms with van der Waals surface area (Å²) in [6, 6.07) is 16.7. The molecule has 0 N–H and O–H groups in total. The molecule has 0 amide bonds. The van der Waals surface area contributed by atoms with Gasteiger partial charge in [0.25, 0.3) is 0 Å². The zero-order chi connectivity index (χ0) is 12.8. The fourth-order valence-electron chi connectivity index (χ4n) is 3.00. The van der Waals surface area contributed by atoms with Crippen LogP contribution in [0, 0.1) is 0 Å². The highest BCUT2D eigenvalue weighted by Gasteiger charge is 2.28. The first-order chi connectivity index (χ1) is 9.34. The molecule has 2 heterocycles. The van der Waals surface area contributed by atoms with Crippen molar-refractivity contribution in [1.82, 2.24) is 0 Å². The van der Waals surface area contributed by atoms with Crippen molar-refractivity contribution in [3.8, 4) is 11.1 Å². The van der Waals surface area contributed by atoms with E-state index in [0.29, 0.717) is 6.42 Å². The van der Waals surface area contributed by atoms with E-state index in [0.717, 1.165) is 17.8 Å². The van der Waals surface area contributed by atoms with E-state index in [2.05, 4.69) is 47.4 Å². The van der Waals surface area contributed by atoms with E-state index >= 15 is 0 Å². The van der Waals surface area contributed by atoms with Gasteiger partial charge in [-0.05, 0) is 11.6 Å². The second kappa shape index (κ2) is 3.82. The van der Waals surface area contributed by atoms with Gasteiger partial charge in [-0.1, -0.05) is 42.5 Å². The van der Waals surface area contributed by atoms with Crippen LogP contribution in [0.25, 0.3) is 16.8 Å². The first kappa shape index (κ1) is 10.6. The molecule has 0 aliphatic carbocycles. The maximum Gasteiger partial charge on any atom is 0.159 e. The zero-order valence-corrected chi connectivity index (χ0v) is 10.5. The Hall–Kier alpha value is -2.35. The Labute approximate surface area is 112 Å². The molecule has 0 saturated carbocycles. The standard InChI is InChI=1S/C17H13NO/c19-12-9-10-18-16-8-4-3-6-14(16)13-5-1-2-7-15(13)17(18)11-12/h1-8,11H,9-10H2. The summed E-state index contributed by atoms with van der Waals surface area (Å²) in [5.41, 5.74) is 5.89. The zero-order valence-electron chi connectivity index (χ0n) is 10.5. The van der Waals surface area contributed by atoms with Gasteiger partial charge in [0.15, 0.2) is 5.78 Å². The molecule has 92 valence electrons. The van der Waals surface area contributed by atoms with Crippen LogP contribution < -0.4 is 4.90 Å². The molecule has 2 aromatic rings. The van der Waals surface area contributed by atoms with Gasteiger partial charge < -0.3 is 4.90 Å². The summed E-state index contributed by atoms with van der Waals surface area (Å²) in [6.07, 6.45) is 2.39. The molecule has 2 aromatic carbocycles. The van der Waals surface area contributed by atoms with Crippen LogP contribution in [0.2, 0.25) is 0 Å². The summed E-state index contributed by atoms with van der Waals surface area (Å²) in [5.74, 6) is 0.223. The fraction of sp³-hybridized carbons (Fsp3) is 0.118. The first-order valence-corrected chi connectivity index (χ1v) is 6.55. The number of allylic oxidation sites excluding steroid dienone is 1. The molecule has 0 unspecified atom stereocenters. The number of rotatable bonds is 0. The molecule has 0 saturated heterocycles. The molecule has 2 aliphatic rings. The van der Waals surface area contributed by atoms with Gasteiger partial charge in [0.1, 0.15) is 0 Å². The Balaban J connectivity index is 2.07. The lowest BCUT2D eigenvalue weighted by Gasteiger charge is -2.37. The molecule has 0 atom stereocenters. The second-order valence-corrected chi connectivity index (χ2v) is 4.96. The van der Waals surface area contributed by atoms with Crippen molar-refractivity contribution in [2.75, 3.05) is 11.4 Å². The van der Waals surface area contributed by atoms with Gasteiger partial charge in [0.05, 0.1) is 5.70 Å². The highest BCUT2D eigenvalue weighted by molar-refractivity contribution is 6.08. The number of hydrogen-bond acceptors (Lipinski definition) is 2. The third-order valence-electron chi connectivity index (χ3n) is 3.86. The number of nitrogens with zero attached hydrogens (tertiary/aromatic N) is 1. The number of fused-ring (bicyclic) bond motifs is 6. The molecular weight excluding hydrogens is 234 g/mol. The van der Waals surface area contributed by atoms with E-state index < -0.39 is 0 Å². The van der Waals surface area contributed by atoms with E-state index in [1.165, 1.54) is 16.8 Å². The molecule has 2 aliphatic heterocycles. The van der Waals surface area contributed by atoms with Crippen LogP contribution in [0.5, 0.6) is 0 Å². The maximum absolute atomic E-state index is 11.7. The average Bonchev–Trinajstić information content (AvgIpc) is 2.47. The SMILES string of the molecule is O=C1C=C2c3ccccc3-c3ccccc3N2CC1. The highest BCUT2D eigenvalue weighted by atomic mass is 16.1. The normalized spacial score (nSPS) is 16.3. The number of benzene rings is 2. The number of carbonyl (C=O) groups is 1. The average molecular weight is 247 g/mol. The number of carbonyl (C=O) groups excluding carboxylic acids is 1. The molecule has 0 fully saturated rings. The molecule has 4 rings (SSSR count). The van der Waals surface area contributed by atoms with Crippen molar-refractivity contribution in [2.45, 2.75) is 6.42 Å². The summed E-state index contributed by atoms with van der Waals surface area (Å²) in [5, 5.41) is 0. The molecule has 0 radical (unpaired) electrons. The lowest BCUT2D eigenvalue weighted by Crippen LogP contribution is -2.31. The topological polar surface area (TPSA) is 20.3 Å². The van der Waals surface area contributed by atoms with Gasteiger partial charge in [-0.15, -0.1) is 0 Å². The molecule has 0 spiro atoms.